The van der Waals surface area contributed by atoms with Crippen molar-refractivity contribution in [2.75, 3.05) is 6.54 Å². The van der Waals surface area contributed by atoms with E-state index in [2.05, 4.69) is 4.72 Å². The third-order valence-electron chi connectivity index (χ3n) is 2.58. The third-order valence-corrected chi connectivity index (χ3v) is 4.01. The molecule has 18 heavy (non-hydrogen) atoms. The Balaban J connectivity index is 2.79. The number of nitrogens with zero attached hydrogens (tertiary/aromatic N) is 1. The average Bonchev–Trinajstić information content (AvgIpc) is 2.68. The second kappa shape index (κ2) is 6.01. The molecule has 0 fully saturated rings. The van der Waals surface area contributed by atoms with Gasteiger partial charge in [0.25, 0.3) is 0 Å². The summed E-state index contributed by atoms with van der Waals surface area (Å²) in [5.74, 6) is -1.15. The summed E-state index contributed by atoms with van der Waals surface area (Å²) in [6.45, 7) is 2.40. The molecule has 0 unspecified atom stereocenters. The van der Waals surface area contributed by atoms with Crippen molar-refractivity contribution in [3.8, 4) is 0 Å². The van der Waals surface area contributed by atoms with Crippen LogP contribution in [0.1, 0.15) is 36.7 Å². The van der Waals surface area contributed by atoms with Crippen LogP contribution in [0.4, 0.5) is 0 Å². The minimum absolute atomic E-state index is 0.0149. The summed E-state index contributed by atoms with van der Waals surface area (Å²) >= 11 is 0. The molecular formula is C11H18N2O4S. The number of aryl methyl sites for hydroxylation is 1. The van der Waals surface area contributed by atoms with E-state index in [0.29, 0.717) is 6.54 Å². The van der Waals surface area contributed by atoms with E-state index in [1.807, 2.05) is 6.92 Å². The molecule has 0 atom stereocenters. The highest BCUT2D eigenvalue weighted by molar-refractivity contribution is 7.89. The summed E-state index contributed by atoms with van der Waals surface area (Å²) in [7, 11) is -2.11. The molecule has 2 N–H and O–H groups in total. The molecule has 0 aromatic carbocycles. The molecule has 1 heterocycles. The lowest BCUT2D eigenvalue weighted by molar-refractivity contribution is 0.0686. The van der Waals surface area contributed by atoms with E-state index in [1.54, 1.807) is 0 Å². The van der Waals surface area contributed by atoms with Gasteiger partial charge in [-0.05, 0) is 12.5 Å². The summed E-state index contributed by atoms with van der Waals surface area (Å²) in [4.78, 5) is 10.8. The fraction of sp³-hybridized carbons (Fsp3) is 0.545. The largest absolute Gasteiger partial charge is 0.477 e. The van der Waals surface area contributed by atoms with Gasteiger partial charge in [0.05, 0.1) is 0 Å². The second-order valence-corrected chi connectivity index (χ2v) is 5.85. The first-order valence-electron chi connectivity index (χ1n) is 5.78. The van der Waals surface area contributed by atoms with Crippen LogP contribution in [0.2, 0.25) is 0 Å². The normalized spacial score (nSPS) is 11.7. The molecule has 1 aromatic rings. The molecule has 0 aliphatic heterocycles. The number of hydrogen-bond donors (Lipinski definition) is 2. The number of nitrogens with one attached hydrogen (secondary N) is 1. The Hall–Kier alpha value is -1.34. The van der Waals surface area contributed by atoms with E-state index in [0.717, 1.165) is 25.3 Å². The maximum Gasteiger partial charge on any atom is 0.352 e. The van der Waals surface area contributed by atoms with Crippen LogP contribution in [0.5, 0.6) is 0 Å². The Bertz CT molecular complexity index is 519. The zero-order valence-electron chi connectivity index (χ0n) is 10.5. The number of carboxylic acid groups (broad SMARTS) is 1. The van der Waals surface area contributed by atoms with E-state index >= 15 is 0 Å². The van der Waals surface area contributed by atoms with E-state index in [9.17, 15) is 13.2 Å². The molecular weight excluding hydrogens is 256 g/mol. The van der Waals surface area contributed by atoms with Gasteiger partial charge in [0, 0.05) is 19.8 Å². The summed E-state index contributed by atoms with van der Waals surface area (Å²) < 4.78 is 27.5. The van der Waals surface area contributed by atoms with Gasteiger partial charge in [-0.1, -0.05) is 19.8 Å². The molecule has 1 rings (SSSR count). The molecule has 0 saturated carbocycles. The van der Waals surface area contributed by atoms with Gasteiger partial charge in [0.1, 0.15) is 10.6 Å². The van der Waals surface area contributed by atoms with Gasteiger partial charge in [0.2, 0.25) is 10.0 Å². The zero-order valence-corrected chi connectivity index (χ0v) is 11.3. The SMILES string of the molecule is CCCCCNS(=O)(=O)c1cc(C(=O)O)n(C)c1. The number of rotatable bonds is 7. The molecule has 0 spiro atoms. The van der Waals surface area contributed by atoms with Crippen molar-refractivity contribution in [1.29, 1.82) is 0 Å². The number of carboxylic acids is 1. The van der Waals surface area contributed by atoms with Crippen LogP contribution >= 0.6 is 0 Å². The zero-order chi connectivity index (χ0) is 13.8. The number of aromatic nitrogens is 1. The molecule has 6 nitrogen and oxygen atoms in total. The van der Waals surface area contributed by atoms with Crippen molar-refractivity contribution in [3.63, 3.8) is 0 Å². The maximum absolute atomic E-state index is 11.9. The number of sulfonamides is 1. The van der Waals surface area contributed by atoms with Gasteiger partial charge in [0.15, 0.2) is 0 Å². The topological polar surface area (TPSA) is 88.4 Å². The molecule has 0 saturated heterocycles. The fourth-order valence-electron chi connectivity index (χ4n) is 1.56. The first-order chi connectivity index (χ1) is 8.38. The molecule has 7 heteroatoms. The highest BCUT2D eigenvalue weighted by atomic mass is 32.2. The van der Waals surface area contributed by atoms with E-state index in [4.69, 9.17) is 5.11 Å². The van der Waals surface area contributed by atoms with E-state index < -0.39 is 16.0 Å². The number of aromatic carboxylic acids is 1. The van der Waals surface area contributed by atoms with Crippen molar-refractivity contribution < 1.29 is 18.3 Å². The minimum Gasteiger partial charge on any atom is -0.477 e. The lowest BCUT2D eigenvalue weighted by Gasteiger charge is -2.03. The van der Waals surface area contributed by atoms with Crippen molar-refractivity contribution in [1.82, 2.24) is 9.29 Å². The maximum atomic E-state index is 11.9. The van der Waals surface area contributed by atoms with Crippen LogP contribution in [0.15, 0.2) is 17.2 Å². The predicted octanol–water partition coefficient (Wildman–Crippen LogP) is 1.19. The number of unbranched alkanes of at least 4 members (excludes halogenated alkanes) is 2. The number of carbonyl (C=O) groups is 1. The molecule has 0 radical (unpaired) electrons. The van der Waals surface area contributed by atoms with Gasteiger partial charge in [-0.3, -0.25) is 0 Å². The molecule has 0 bridgehead atoms. The Kier molecular flexibility index (Phi) is 4.92. The van der Waals surface area contributed by atoms with Crippen molar-refractivity contribution >= 4 is 16.0 Å². The van der Waals surface area contributed by atoms with Crippen LogP contribution in [-0.2, 0) is 17.1 Å². The summed E-state index contributed by atoms with van der Waals surface area (Å²) in [6.07, 6.45) is 4.04. The Morgan fingerprint density at radius 2 is 2.11 bits per heavy atom. The van der Waals surface area contributed by atoms with Gasteiger partial charge in [-0.25, -0.2) is 17.9 Å². The van der Waals surface area contributed by atoms with Gasteiger partial charge < -0.3 is 9.67 Å². The van der Waals surface area contributed by atoms with Crippen molar-refractivity contribution in [2.45, 2.75) is 31.1 Å². The smallest absolute Gasteiger partial charge is 0.352 e. The summed E-state index contributed by atoms with van der Waals surface area (Å²) in [5.41, 5.74) is -0.0519. The highest BCUT2D eigenvalue weighted by Crippen LogP contribution is 2.13. The van der Waals surface area contributed by atoms with E-state index in [1.165, 1.54) is 17.8 Å². The molecule has 0 aliphatic carbocycles. The standard InChI is InChI=1S/C11H18N2O4S/c1-3-4-5-6-12-18(16,17)9-7-10(11(14)15)13(2)8-9/h7-8,12H,3-6H2,1-2H3,(H,14,15). The van der Waals surface area contributed by atoms with Crippen molar-refractivity contribution in [3.05, 3.63) is 18.0 Å². The summed E-state index contributed by atoms with van der Waals surface area (Å²) in [6, 6.07) is 1.16. The lowest BCUT2D eigenvalue weighted by atomic mass is 10.3. The second-order valence-electron chi connectivity index (χ2n) is 4.08. The van der Waals surface area contributed by atoms with Crippen molar-refractivity contribution in [2.24, 2.45) is 7.05 Å². The minimum atomic E-state index is -3.61. The third kappa shape index (κ3) is 3.58. The molecule has 102 valence electrons. The lowest BCUT2D eigenvalue weighted by Crippen LogP contribution is -2.24. The van der Waals surface area contributed by atoms with Crippen LogP contribution in [0.25, 0.3) is 0 Å². The van der Waals surface area contributed by atoms with Gasteiger partial charge >= 0.3 is 5.97 Å². The van der Waals surface area contributed by atoms with Crippen LogP contribution in [0.3, 0.4) is 0 Å². The molecule has 1 aromatic heterocycles. The first-order valence-corrected chi connectivity index (χ1v) is 7.26. The summed E-state index contributed by atoms with van der Waals surface area (Å²) in [5, 5.41) is 8.85. The van der Waals surface area contributed by atoms with Crippen LogP contribution < -0.4 is 4.72 Å². The first kappa shape index (κ1) is 14.7. The quantitative estimate of drug-likeness (QED) is 0.731. The Morgan fingerprint density at radius 1 is 1.44 bits per heavy atom. The number of hydrogen-bond acceptors (Lipinski definition) is 3. The van der Waals surface area contributed by atoms with Crippen LogP contribution in [-0.4, -0.2) is 30.6 Å². The monoisotopic (exact) mass is 274 g/mol. The predicted molar refractivity (Wildman–Crippen MR) is 67.1 cm³/mol. The van der Waals surface area contributed by atoms with Gasteiger partial charge in [-0.15, -0.1) is 0 Å². The highest BCUT2D eigenvalue weighted by Gasteiger charge is 2.19. The van der Waals surface area contributed by atoms with Crippen LogP contribution in [0, 0.1) is 0 Å². The van der Waals surface area contributed by atoms with E-state index in [-0.39, 0.29) is 10.6 Å². The average molecular weight is 274 g/mol. The Morgan fingerprint density at radius 3 is 2.61 bits per heavy atom. The molecule has 0 amide bonds. The Labute approximate surface area is 107 Å². The van der Waals surface area contributed by atoms with Gasteiger partial charge in [-0.2, -0.15) is 0 Å². The molecule has 0 aliphatic rings. The fourth-order valence-corrected chi connectivity index (χ4v) is 2.70.